The van der Waals surface area contributed by atoms with E-state index in [9.17, 15) is 13.6 Å². The number of carbonyl (C=O) groups is 1. The highest BCUT2D eigenvalue weighted by atomic mass is 19.2. The summed E-state index contributed by atoms with van der Waals surface area (Å²) >= 11 is 0. The van der Waals surface area contributed by atoms with Gasteiger partial charge in [-0.3, -0.25) is 0 Å². The lowest BCUT2D eigenvalue weighted by molar-refractivity contribution is -0.145. The number of hydrogen-bond donors (Lipinski definition) is 0. The maximum atomic E-state index is 13.0. The largest absolute Gasteiger partial charge is 0.479 e. The minimum atomic E-state index is -1.11. The van der Waals surface area contributed by atoms with Gasteiger partial charge in [0.1, 0.15) is 0 Å². The number of carbonyl (C=O) groups excluding carboxylic acids is 1. The molecule has 0 saturated heterocycles. The van der Waals surface area contributed by atoms with Gasteiger partial charge in [0, 0.05) is 0 Å². The second-order valence-electron chi connectivity index (χ2n) is 2.65. The van der Waals surface area contributed by atoms with Gasteiger partial charge in [-0.15, -0.1) is 0 Å². The van der Waals surface area contributed by atoms with Crippen LogP contribution in [0.25, 0.3) is 0 Å². The zero-order valence-corrected chi connectivity index (χ0v) is 8.13. The summed E-state index contributed by atoms with van der Waals surface area (Å²) in [5.41, 5.74) is 0. The average Bonchev–Trinajstić information content (AvgIpc) is 2.21. The van der Waals surface area contributed by atoms with Crippen LogP contribution in [0.4, 0.5) is 8.78 Å². The molecule has 0 bridgehead atoms. The summed E-state index contributed by atoms with van der Waals surface area (Å²) in [7, 11) is 0. The Labute approximate surface area is 85.6 Å². The average molecular weight is 216 g/mol. The number of ether oxygens (including phenoxy) is 2. The third kappa shape index (κ3) is 3.19. The molecule has 0 radical (unpaired) electrons. The molecule has 0 aliphatic carbocycles. The number of benzene rings is 1. The van der Waals surface area contributed by atoms with E-state index in [-0.39, 0.29) is 12.4 Å². The zero-order valence-electron chi connectivity index (χ0n) is 8.13. The fourth-order valence-electron chi connectivity index (χ4n) is 0.935. The topological polar surface area (TPSA) is 35.5 Å². The van der Waals surface area contributed by atoms with E-state index in [1.54, 1.807) is 6.92 Å². The molecule has 1 aromatic rings. The number of rotatable bonds is 4. The number of halogens is 2. The van der Waals surface area contributed by atoms with Crippen molar-refractivity contribution in [3.63, 3.8) is 0 Å². The van der Waals surface area contributed by atoms with Crippen LogP contribution in [-0.4, -0.2) is 19.2 Å². The van der Waals surface area contributed by atoms with Crippen molar-refractivity contribution in [2.45, 2.75) is 6.92 Å². The first-order valence-electron chi connectivity index (χ1n) is 4.37. The lowest BCUT2D eigenvalue weighted by Gasteiger charge is -2.06. The molecule has 82 valence electrons. The maximum absolute atomic E-state index is 13.0. The van der Waals surface area contributed by atoms with Crippen LogP contribution >= 0.6 is 0 Å². The summed E-state index contributed by atoms with van der Waals surface area (Å²) in [5, 5.41) is 0. The minimum absolute atomic E-state index is 0.216. The second kappa shape index (κ2) is 5.29. The van der Waals surface area contributed by atoms with Crippen molar-refractivity contribution in [1.29, 1.82) is 0 Å². The summed E-state index contributed by atoms with van der Waals surface area (Å²) in [5.74, 6) is -3.05. The molecule has 15 heavy (non-hydrogen) atoms. The summed E-state index contributed by atoms with van der Waals surface area (Å²) in [6.45, 7) is 1.42. The Hall–Kier alpha value is -1.65. The SMILES string of the molecule is CCOC(=O)COc1cccc(F)c1F. The summed E-state index contributed by atoms with van der Waals surface area (Å²) < 4.78 is 35.0. The van der Waals surface area contributed by atoms with Crippen LogP contribution in [0.15, 0.2) is 18.2 Å². The molecule has 0 aliphatic heterocycles. The molecule has 1 aromatic carbocycles. The van der Waals surface area contributed by atoms with Gasteiger partial charge in [-0.25, -0.2) is 9.18 Å². The summed E-state index contributed by atoms with van der Waals surface area (Å²) in [6, 6.07) is 3.49. The third-order valence-corrected chi connectivity index (χ3v) is 1.57. The van der Waals surface area contributed by atoms with Gasteiger partial charge in [0.25, 0.3) is 0 Å². The number of esters is 1. The normalized spacial score (nSPS) is 9.80. The minimum Gasteiger partial charge on any atom is -0.479 e. The van der Waals surface area contributed by atoms with Gasteiger partial charge in [0.2, 0.25) is 5.82 Å². The Balaban J connectivity index is 2.58. The van der Waals surface area contributed by atoms with Crippen molar-refractivity contribution >= 4 is 5.97 Å². The van der Waals surface area contributed by atoms with Crippen molar-refractivity contribution in [2.24, 2.45) is 0 Å². The highest BCUT2D eigenvalue weighted by Gasteiger charge is 2.10. The van der Waals surface area contributed by atoms with Crippen LogP contribution in [0.2, 0.25) is 0 Å². The summed E-state index contributed by atoms with van der Waals surface area (Å²) in [6.07, 6.45) is 0. The predicted octanol–water partition coefficient (Wildman–Crippen LogP) is 1.91. The maximum Gasteiger partial charge on any atom is 0.344 e. The lowest BCUT2D eigenvalue weighted by Crippen LogP contribution is -2.15. The van der Waals surface area contributed by atoms with Crippen LogP contribution in [0.5, 0.6) is 5.75 Å². The smallest absolute Gasteiger partial charge is 0.344 e. The third-order valence-electron chi connectivity index (χ3n) is 1.57. The van der Waals surface area contributed by atoms with E-state index in [0.29, 0.717) is 0 Å². The van der Waals surface area contributed by atoms with Gasteiger partial charge in [-0.05, 0) is 19.1 Å². The Morgan fingerprint density at radius 3 is 2.80 bits per heavy atom. The van der Waals surface area contributed by atoms with Gasteiger partial charge in [-0.2, -0.15) is 4.39 Å². The van der Waals surface area contributed by atoms with Crippen LogP contribution < -0.4 is 4.74 Å². The molecule has 5 heteroatoms. The van der Waals surface area contributed by atoms with E-state index in [1.165, 1.54) is 12.1 Å². The van der Waals surface area contributed by atoms with Crippen molar-refractivity contribution in [3.05, 3.63) is 29.8 Å². The number of hydrogen-bond acceptors (Lipinski definition) is 3. The molecule has 0 fully saturated rings. The van der Waals surface area contributed by atoms with Crippen molar-refractivity contribution in [1.82, 2.24) is 0 Å². The Morgan fingerprint density at radius 2 is 2.13 bits per heavy atom. The molecule has 0 unspecified atom stereocenters. The highest BCUT2D eigenvalue weighted by molar-refractivity contribution is 5.71. The van der Waals surface area contributed by atoms with Crippen LogP contribution in [0.1, 0.15) is 6.92 Å². The molecule has 0 atom stereocenters. The molecular formula is C10H10F2O3. The zero-order chi connectivity index (χ0) is 11.3. The molecule has 0 aromatic heterocycles. The molecule has 0 heterocycles. The predicted molar refractivity (Wildman–Crippen MR) is 48.5 cm³/mol. The fraction of sp³-hybridized carbons (Fsp3) is 0.300. The second-order valence-corrected chi connectivity index (χ2v) is 2.65. The Kier molecular flexibility index (Phi) is 4.03. The van der Waals surface area contributed by atoms with Gasteiger partial charge in [0.05, 0.1) is 6.61 Å². The van der Waals surface area contributed by atoms with Crippen LogP contribution in [0.3, 0.4) is 0 Å². The van der Waals surface area contributed by atoms with Gasteiger partial charge < -0.3 is 9.47 Å². The van der Waals surface area contributed by atoms with Crippen molar-refractivity contribution < 1.29 is 23.0 Å². The van der Waals surface area contributed by atoms with E-state index in [1.807, 2.05) is 0 Å². The van der Waals surface area contributed by atoms with E-state index >= 15 is 0 Å². The molecular weight excluding hydrogens is 206 g/mol. The standard InChI is InChI=1S/C10H10F2O3/c1-2-14-9(13)6-15-8-5-3-4-7(11)10(8)12/h3-5H,2,6H2,1H3. The van der Waals surface area contributed by atoms with E-state index in [2.05, 4.69) is 4.74 Å². The van der Waals surface area contributed by atoms with Gasteiger partial charge in [0.15, 0.2) is 18.2 Å². The first-order valence-corrected chi connectivity index (χ1v) is 4.37. The summed E-state index contributed by atoms with van der Waals surface area (Å²) in [4.78, 5) is 10.8. The molecule has 1 rings (SSSR count). The molecule has 0 amide bonds. The highest BCUT2D eigenvalue weighted by Crippen LogP contribution is 2.18. The Bertz CT molecular complexity index is 353. The van der Waals surface area contributed by atoms with E-state index in [0.717, 1.165) is 6.07 Å². The van der Waals surface area contributed by atoms with Crippen LogP contribution in [-0.2, 0) is 9.53 Å². The first-order chi connectivity index (χ1) is 7.15. The Morgan fingerprint density at radius 1 is 1.40 bits per heavy atom. The quantitative estimate of drug-likeness (QED) is 0.721. The molecule has 0 aliphatic rings. The van der Waals surface area contributed by atoms with Gasteiger partial charge in [-0.1, -0.05) is 6.07 Å². The van der Waals surface area contributed by atoms with Crippen LogP contribution in [0, 0.1) is 11.6 Å². The fourth-order valence-corrected chi connectivity index (χ4v) is 0.935. The van der Waals surface area contributed by atoms with Crippen molar-refractivity contribution in [3.8, 4) is 5.75 Å². The monoisotopic (exact) mass is 216 g/mol. The van der Waals surface area contributed by atoms with E-state index in [4.69, 9.17) is 4.74 Å². The first kappa shape index (κ1) is 11.4. The molecule has 3 nitrogen and oxygen atoms in total. The molecule has 0 N–H and O–H groups in total. The van der Waals surface area contributed by atoms with Crippen molar-refractivity contribution in [2.75, 3.05) is 13.2 Å². The van der Waals surface area contributed by atoms with Gasteiger partial charge >= 0.3 is 5.97 Å². The lowest BCUT2D eigenvalue weighted by atomic mass is 10.3. The molecule has 0 spiro atoms. The molecule has 0 saturated carbocycles. The van der Waals surface area contributed by atoms with E-state index < -0.39 is 24.2 Å².